The van der Waals surface area contributed by atoms with Gasteiger partial charge in [0.05, 0.1) is 26.7 Å². The van der Waals surface area contributed by atoms with Crippen LogP contribution in [0.4, 0.5) is 0 Å². The SMILES string of the molecule is COCCN1CCC(CNS(=O)(=O)c2ccc3nc(C)sc3c2)C1. The lowest BCUT2D eigenvalue weighted by atomic mass is 10.1. The van der Waals surface area contributed by atoms with Crippen molar-refractivity contribution in [3.05, 3.63) is 23.2 Å². The van der Waals surface area contributed by atoms with E-state index in [0.29, 0.717) is 24.0 Å². The maximum atomic E-state index is 12.5. The van der Waals surface area contributed by atoms with Gasteiger partial charge in [-0.15, -0.1) is 11.3 Å². The van der Waals surface area contributed by atoms with Crippen LogP contribution in [-0.4, -0.2) is 58.2 Å². The molecule has 0 spiro atoms. The number of ether oxygens (including phenoxy) is 1. The Morgan fingerprint density at radius 1 is 1.46 bits per heavy atom. The molecular weight excluding hydrogens is 346 g/mol. The molecule has 3 rings (SSSR count). The highest BCUT2D eigenvalue weighted by atomic mass is 32.2. The summed E-state index contributed by atoms with van der Waals surface area (Å²) < 4.78 is 33.8. The third-order valence-corrected chi connectivity index (χ3v) is 6.68. The average Bonchev–Trinajstić information content (AvgIpc) is 3.15. The molecule has 1 fully saturated rings. The average molecular weight is 370 g/mol. The number of fused-ring (bicyclic) bond motifs is 1. The van der Waals surface area contributed by atoms with Gasteiger partial charge in [0.1, 0.15) is 0 Å². The van der Waals surface area contributed by atoms with E-state index in [-0.39, 0.29) is 0 Å². The molecule has 132 valence electrons. The first kappa shape index (κ1) is 17.8. The van der Waals surface area contributed by atoms with E-state index in [4.69, 9.17) is 4.74 Å². The zero-order valence-electron chi connectivity index (χ0n) is 14.0. The molecular formula is C16H23N3O3S2. The number of benzene rings is 1. The van der Waals surface area contributed by atoms with Crippen molar-refractivity contribution in [3.8, 4) is 0 Å². The van der Waals surface area contributed by atoms with Gasteiger partial charge in [-0.25, -0.2) is 18.1 Å². The third-order valence-electron chi connectivity index (χ3n) is 4.32. The summed E-state index contributed by atoms with van der Waals surface area (Å²) in [6.07, 6.45) is 1.01. The fraction of sp³-hybridized carbons (Fsp3) is 0.562. The lowest BCUT2D eigenvalue weighted by Gasteiger charge is -2.15. The van der Waals surface area contributed by atoms with Crippen molar-refractivity contribution in [2.45, 2.75) is 18.2 Å². The Labute approximate surface area is 146 Å². The van der Waals surface area contributed by atoms with Gasteiger partial charge in [0.15, 0.2) is 0 Å². The van der Waals surface area contributed by atoms with Crippen molar-refractivity contribution in [3.63, 3.8) is 0 Å². The van der Waals surface area contributed by atoms with Gasteiger partial charge in [0.25, 0.3) is 0 Å². The van der Waals surface area contributed by atoms with Crippen LogP contribution in [0.5, 0.6) is 0 Å². The van der Waals surface area contributed by atoms with Crippen molar-refractivity contribution in [2.75, 3.05) is 39.9 Å². The molecule has 1 unspecified atom stereocenters. The molecule has 2 heterocycles. The fourth-order valence-corrected chi connectivity index (χ4v) is 5.08. The Balaban J connectivity index is 1.61. The zero-order chi connectivity index (χ0) is 17.2. The van der Waals surface area contributed by atoms with E-state index < -0.39 is 10.0 Å². The summed E-state index contributed by atoms with van der Waals surface area (Å²) in [7, 11) is -1.78. The van der Waals surface area contributed by atoms with Crippen molar-refractivity contribution in [1.29, 1.82) is 0 Å². The lowest BCUT2D eigenvalue weighted by molar-refractivity contribution is 0.159. The van der Waals surface area contributed by atoms with Gasteiger partial charge in [-0.1, -0.05) is 0 Å². The van der Waals surface area contributed by atoms with Crippen LogP contribution in [0.15, 0.2) is 23.1 Å². The molecule has 1 N–H and O–H groups in total. The molecule has 0 amide bonds. The second-order valence-electron chi connectivity index (χ2n) is 6.16. The van der Waals surface area contributed by atoms with Crippen LogP contribution in [0.1, 0.15) is 11.4 Å². The molecule has 1 aliphatic heterocycles. The summed E-state index contributed by atoms with van der Waals surface area (Å²) in [5, 5.41) is 0.939. The van der Waals surface area contributed by atoms with Gasteiger partial charge in [-0.2, -0.15) is 0 Å². The van der Waals surface area contributed by atoms with Crippen LogP contribution in [0.2, 0.25) is 0 Å². The Morgan fingerprint density at radius 3 is 3.08 bits per heavy atom. The quantitative estimate of drug-likeness (QED) is 0.806. The van der Waals surface area contributed by atoms with Crippen molar-refractivity contribution >= 4 is 31.6 Å². The van der Waals surface area contributed by atoms with Crippen molar-refractivity contribution in [1.82, 2.24) is 14.6 Å². The molecule has 8 heteroatoms. The van der Waals surface area contributed by atoms with Gasteiger partial charge in [0, 0.05) is 26.7 Å². The Morgan fingerprint density at radius 2 is 2.29 bits per heavy atom. The van der Waals surface area contributed by atoms with E-state index in [9.17, 15) is 8.42 Å². The Kier molecular flexibility index (Phi) is 5.51. The second kappa shape index (κ2) is 7.45. The fourth-order valence-electron chi connectivity index (χ4n) is 3.00. The number of rotatable bonds is 7. The van der Waals surface area contributed by atoms with E-state index in [1.165, 1.54) is 11.3 Å². The summed E-state index contributed by atoms with van der Waals surface area (Å²) in [5.41, 5.74) is 0.848. The lowest BCUT2D eigenvalue weighted by Crippen LogP contribution is -2.31. The highest BCUT2D eigenvalue weighted by Gasteiger charge is 2.24. The van der Waals surface area contributed by atoms with Crippen LogP contribution in [0.3, 0.4) is 0 Å². The van der Waals surface area contributed by atoms with Gasteiger partial charge >= 0.3 is 0 Å². The highest BCUT2D eigenvalue weighted by molar-refractivity contribution is 7.89. The molecule has 1 saturated heterocycles. The minimum absolute atomic E-state index is 0.313. The normalized spacial score (nSPS) is 19.3. The molecule has 1 atom stereocenters. The standard InChI is InChI=1S/C16H23N3O3S2/c1-12-18-15-4-3-14(9-16(15)23-12)24(20,21)17-10-13-5-6-19(11-13)7-8-22-2/h3-4,9,13,17H,5-8,10-11H2,1-2H3. The summed E-state index contributed by atoms with van der Waals surface area (Å²) in [4.78, 5) is 6.99. The van der Waals surface area contributed by atoms with Gasteiger partial charge < -0.3 is 9.64 Å². The number of nitrogens with one attached hydrogen (secondary N) is 1. The molecule has 0 bridgehead atoms. The van der Waals surface area contributed by atoms with E-state index in [1.807, 2.05) is 6.92 Å². The van der Waals surface area contributed by atoms with Gasteiger partial charge in [-0.05, 0) is 44.0 Å². The van der Waals surface area contributed by atoms with E-state index >= 15 is 0 Å². The Bertz CT molecular complexity index is 804. The number of sulfonamides is 1. The monoisotopic (exact) mass is 369 g/mol. The number of nitrogens with zero attached hydrogens (tertiary/aromatic N) is 2. The Hall–Kier alpha value is -1.06. The smallest absolute Gasteiger partial charge is 0.240 e. The maximum absolute atomic E-state index is 12.5. The van der Waals surface area contributed by atoms with Crippen LogP contribution in [0.25, 0.3) is 10.2 Å². The second-order valence-corrected chi connectivity index (χ2v) is 9.16. The number of aryl methyl sites for hydroxylation is 1. The summed E-state index contributed by atoms with van der Waals surface area (Å²) in [6, 6.07) is 5.11. The van der Waals surface area contributed by atoms with E-state index in [1.54, 1.807) is 25.3 Å². The number of hydrogen-bond donors (Lipinski definition) is 1. The highest BCUT2D eigenvalue weighted by Crippen LogP contribution is 2.24. The molecule has 0 radical (unpaired) electrons. The number of methoxy groups -OCH3 is 1. The first-order valence-corrected chi connectivity index (χ1v) is 10.4. The number of hydrogen-bond acceptors (Lipinski definition) is 6. The number of thiazole rings is 1. The first-order chi connectivity index (χ1) is 11.5. The maximum Gasteiger partial charge on any atom is 0.240 e. The molecule has 6 nitrogen and oxygen atoms in total. The van der Waals surface area contributed by atoms with Crippen LogP contribution in [0, 0.1) is 12.8 Å². The van der Waals surface area contributed by atoms with E-state index in [0.717, 1.165) is 41.3 Å². The zero-order valence-corrected chi connectivity index (χ0v) is 15.6. The van der Waals surface area contributed by atoms with Crippen molar-refractivity contribution in [2.24, 2.45) is 5.92 Å². The summed E-state index contributed by atoms with van der Waals surface area (Å²) in [6.45, 7) is 5.94. The third kappa shape index (κ3) is 4.12. The molecule has 1 aromatic heterocycles. The summed E-state index contributed by atoms with van der Waals surface area (Å²) in [5.74, 6) is 0.353. The number of aromatic nitrogens is 1. The van der Waals surface area contributed by atoms with Crippen LogP contribution >= 0.6 is 11.3 Å². The largest absolute Gasteiger partial charge is 0.383 e. The molecule has 1 aromatic carbocycles. The minimum atomic E-state index is -3.48. The molecule has 2 aromatic rings. The predicted molar refractivity (Wildman–Crippen MR) is 96.0 cm³/mol. The molecule has 0 saturated carbocycles. The van der Waals surface area contributed by atoms with Gasteiger partial charge in [0.2, 0.25) is 10.0 Å². The molecule has 0 aliphatic carbocycles. The number of likely N-dealkylation sites (tertiary alicyclic amines) is 1. The minimum Gasteiger partial charge on any atom is -0.383 e. The predicted octanol–water partition coefficient (Wildman–Crippen LogP) is 1.85. The van der Waals surface area contributed by atoms with Gasteiger partial charge in [-0.3, -0.25) is 0 Å². The van der Waals surface area contributed by atoms with Crippen molar-refractivity contribution < 1.29 is 13.2 Å². The van der Waals surface area contributed by atoms with Crippen LogP contribution < -0.4 is 4.72 Å². The topological polar surface area (TPSA) is 71.5 Å². The van der Waals surface area contributed by atoms with E-state index in [2.05, 4.69) is 14.6 Å². The van der Waals surface area contributed by atoms with Crippen LogP contribution in [-0.2, 0) is 14.8 Å². The summed E-state index contributed by atoms with van der Waals surface area (Å²) >= 11 is 1.51. The first-order valence-electron chi connectivity index (χ1n) is 8.06. The molecule has 24 heavy (non-hydrogen) atoms. The molecule has 1 aliphatic rings.